The van der Waals surface area contributed by atoms with Gasteiger partial charge in [0.25, 0.3) is 12.0 Å². The number of carbonyl (C=O) groups is 5. The number of carbonyl (C=O) groups excluding carboxylic acids is 5. The van der Waals surface area contributed by atoms with E-state index >= 15 is 0 Å². The highest BCUT2D eigenvalue weighted by Gasteiger charge is 2.47. The minimum atomic E-state index is -4.91. The zero-order valence-electron chi connectivity index (χ0n) is 79.7. The van der Waals surface area contributed by atoms with Gasteiger partial charge in [-0.3, -0.25) is 24.0 Å². The average Bonchev–Trinajstić information content (AvgIpc) is 1.62. The van der Waals surface area contributed by atoms with E-state index in [1.54, 1.807) is 0 Å². The Kier molecular flexibility index (Phi) is 46.9. The lowest BCUT2D eigenvalue weighted by molar-refractivity contribution is -0.745. The van der Waals surface area contributed by atoms with E-state index in [4.69, 9.17) is 42.6 Å². The van der Waals surface area contributed by atoms with Gasteiger partial charge in [-0.05, 0) is 55.3 Å². The number of nitrogens with zero attached hydrogens (tertiary/aromatic N) is 14. The third kappa shape index (κ3) is 37.7. The first-order valence-corrected chi connectivity index (χ1v) is 47.5. The second kappa shape index (κ2) is 58.4. The lowest BCUT2D eigenvalue weighted by Crippen LogP contribution is -2.61. The third-order valence-electron chi connectivity index (χ3n) is 23.8. The van der Waals surface area contributed by atoms with Gasteiger partial charge in [-0.1, -0.05) is 54.2 Å². The first-order valence-electron chi connectivity index (χ1n) is 47.5. The van der Waals surface area contributed by atoms with E-state index in [0.29, 0.717) is 44.9 Å². The van der Waals surface area contributed by atoms with Crippen LogP contribution in [0, 0.1) is 29.1 Å². The van der Waals surface area contributed by atoms with Crippen LogP contribution >= 0.6 is 0 Å². The summed E-state index contributed by atoms with van der Waals surface area (Å²) < 4.78 is 255. The summed E-state index contributed by atoms with van der Waals surface area (Å²) in [6.45, 7) is -1.77. The Morgan fingerprint density at radius 2 is 0.823 bits per heavy atom. The summed E-state index contributed by atoms with van der Waals surface area (Å²) in [5.74, 6) is -17.3. The molecule has 58 heteroatoms. The summed E-state index contributed by atoms with van der Waals surface area (Å²) in [6, 6.07) is -0.232. The monoisotopic (exact) mass is 2120 g/mol. The molecule has 6 aromatic heterocycles. The van der Waals surface area contributed by atoms with Crippen LogP contribution in [0.5, 0.6) is 5.75 Å². The van der Waals surface area contributed by atoms with Gasteiger partial charge in [0.15, 0.2) is 6.04 Å². The average molecular weight is 2120 g/mol. The summed E-state index contributed by atoms with van der Waals surface area (Å²) in [4.78, 5) is 83.4. The van der Waals surface area contributed by atoms with E-state index in [0.717, 1.165) is 30.6 Å². The van der Waals surface area contributed by atoms with Crippen molar-refractivity contribution < 1.29 is 183 Å². The van der Waals surface area contributed by atoms with Crippen molar-refractivity contribution in [3.8, 4) is 5.75 Å². The molecule has 0 bridgehead atoms. The number of anilines is 2. The van der Waals surface area contributed by atoms with Gasteiger partial charge in [0.05, 0.1) is 185 Å². The largest absolute Gasteiger partial charge is 0.458 e. The number of pyridine rings is 1. The Morgan fingerprint density at radius 3 is 1.27 bits per heavy atom. The number of unbranched alkanes of at least 4 members (excludes halogenated alkanes) is 7. The van der Waals surface area contributed by atoms with Crippen LogP contribution in [-0.4, -0.2) is 352 Å². The Labute approximate surface area is 831 Å². The van der Waals surface area contributed by atoms with Crippen LogP contribution in [0.15, 0.2) is 49.2 Å². The molecular weight excluding hydrogens is 2000 g/mol. The van der Waals surface area contributed by atoms with Crippen LogP contribution in [0.4, 0.5) is 73.2 Å². The second-order valence-electron chi connectivity index (χ2n) is 34.8. The Bertz CT molecular complexity index is 5080. The van der Waals surface area contributed by atoms with E-state index in [1.807, 2.05) is 0 Å². The molecule has 0 aliphatic carbocycles. The number of hydrogen-bond donors (Lipinski definition) is 15. The Balaban J connectivity index is 0.705. The molecule has 0 spiro atoms. The van der Waals surface area contributed by atoms with Crippen LogP contribution in [-0.2, 0) is 124 Å². The van der Waals surface area contributed by atoms with E-state index in [1.165, 1.54) is 37.2 Å². The van der Waals surface area contributed by atoms with Crippen LogP contribution in [0.25, 0.3) is 0 Å². The number of hydrogen-bond acceptors (Lipinski definition) is 36. The summed E-state index contributed by atoms with van der Waals surface area (Å²) in [6.07, 6.45) is -20.1. The van der Waals surface area contributed by atoms with E-state index in [-0.39, 0.29) is 249 Å². The van der Waals surface area contributed by atoms with Crippen molar-refractivity contribution in [1.82, 2.24) is 86.2 Å². The van der Waals surface area contributed by atoms with Gasteiger partial charge in [-0.2, -0.15) is 48.3 Å². The number of esters is 1. The van der Waals surface area contributed by atoms with Gasteiger partial charge >= 0.3 is 24.5 Å². The molecule has 818 valence electrons. The number of benzene rings is 1. The van der Waals surface area contributed by atoms with Crippen molar-refractivity contribution in [2.45, 2.75) is 239 Å². The maximum absolute atomic E-state index is 14.2. The number of aromatic nitrogens is 14. The number of aliphatic hydroxyl groups is 9. The van der Waals surface area contributed by atoms with Gasteiger partial charge in [0.2, 0.25) is 64.4 Å². The first-order chi connectivity index (χ1) is 70.2. The van der Waals surface area contributed by atoms with Gasteiger partial charge < -0.3 is 125 Å². The third-order valence-corrected chi connectivity index (χ3v) is 23.8. The van der Waals surface area contributed by atoms with E-state index < -0.39 is 211 Å². The zero-order chi connectivity index (χ0) is 106. The number of nitrogens with one attached hydrogen (secondary N) is 6. The SMILES string of the molecule is O=C(CCC(CCC(=O)NCCOCCOCCn1cc(Cc2cc(C(F)(F)F)nc(N[C@H]3CO[C@H](CO)[C@H](O)[C@@H]3O)n2)nn1)(CCC(=O)NCCOCCOCCn1cc(Cc2cc(C(F)(F)F)nc[n+]2[C@H]2CO[C@H](CO)[C@H](O)[C@@H]2O)nn1)NC(=O)CCCCCCCCCCC(=O)Oc1c(F)c(F)c(F)c(F)c1F)NCCOCCOCCn1cc(Cc2cc(C(F)(F)F)cc(N[C@H]3CO[C@H](CO)[C@H](O)[C@@H]3O)n2)nn1. The van der Waals surface area contributed by atoms with Crippen molar-refractivity contribution in [2.24, 2.45) is 0 Å². The minimum Gasteiger partial charge on any atom is -0.420 e. The molecule has 44 nitrogen and oxygen atoms in total. The molecule has 147 heavy (non-hydrogen) atoms. The normalized spacial score (nSPS) is 20.3. The molecule has 1 unspecified atom stereocenters. The topological polar surface area (TPSA) is 579 Å². The van der Waals surface area contributed by atoms with Crippen molar-refractivity contribution >= 4 is 41.4 Å². The number of alkyl halides is 9. The van der Waals surface area contributed by atoms with Crippen molar-refractivity contribution in [3.05, 3.63) is 129 Å². The number of ether oxygens (including phenoxy) is 10. The predicted octanol–water partition coefficient (Wildman–Crippen LogP) is 1.84. The highest BCUT2D eigenvalue weighted by molar-refractivity contribution is 5.80. The molecule has 9 heterocycles. The standard InChI is InChI=1S/C89H120F14N20O24/c90-73-74(91)76(93)84(77(94)75(73)92)147-72(131)10-8-6-4-2-1-3-5-7-9-71(130)113-86(16-13-70(129)106-19-25-140-31-34-143-28-22-122-44-57(116-119-122)39-58-41-65(88(98,99)100)107-51-123(58)61-50-146-64(47-126)83(137)80(61)134,14-11-68(127)104-17-23-138-29-32-141-26-20-120-42-55(114-117-120)37-53-35-52(87(95,96)97)36-67(108-53)110-59-48-144-62(45-124)81(135)78(59)132)15-12-69(128)105-18-24-139-30-33-142-27-21-121-43-56(115-118-121)38-54-40-66(89(101,102)103)112-85(109-54)111-60-49-145-63(46-125)82(136)79(60)133/h35-36,40-44,51,59-64,78-83,124-126,132-137H,1-34,37-39,45-50H2,(H5-,104,105,106,108,109,110,111,112,113,127,128,129,130)/p+1/t59-,60-,61-,62+,63+,64+,78+,79+,80+,81-,82-,83-,86?/m0/s1. The molecule has 3 aliphatic rings. The lowest BCUT2D eigenvalue weighted by atomic mass is 9.82. The van der Waals surface area contributed by atoms with Crippen LogP contribution < -0.4 is 41.2 Å². The fourth-order valence-electron chi connectivity index (χ4n) is 15.8. The Morgan fingerprint density at radius 1 is 0.415 bits per heavy atom. The summed E-state index contributed by atoms with van der Waals surface area (Å²) in [5.41, 5.74) is -4.49. The molecule has 4 amide bonds. The molecule has 3 aliphatic heterocycles. The molecule has 10 rings (SSSR count). The van der Waals surface area contributed by atoms with Gasteiger partial charge in [0.1, 0.15) is 72.1 Å². The smallest absolute Gasteiger partial charge is 0.420 e. The molecule has 13 atom stereocenters. The number of aliphatic hydroxyl groups excluding tert-OH is 9. The van der Waals surface area contributed by atoms with Crippen molar-refractivity contribution in [3.63, 3.8) is 0 Å². The Hall–Kier alpha value is -10.8. The molecule has 0 radical (unpaired) electrons. The molecule has 1 aromatic carbocycles. The number of amides is 4. The molecule has 7 aromatic rings. The second-order valence-corrected chi connectivity index (χ2v) is 34.8. The van der Waals surface area contributed by atoms with Gasteiger partial charge in [-0.15, -0.1) is 15.3 Å². The van der Waals surface area contributed by atoms with E-state index in [9.17, 15) is 131 Å². The number of rotatable bonds is 63. The van der Waals surface area contributed by atoms with Crippen molar-refractivity contribution in [2.75, 3.05) is 149 Å². The molecule has 3 saturated heterocycles. The maximum atomic E-state index is 14.2. The summed E-state index contributed by atoms with van der Waals surface area (Å²) >= 11 is 0. The molecule has 0 saturated carbocycles. The number of halogens is 14. The highest BCUT2D eigenvalue weighted by atomic mass is 19.4. The van der Waals surface area contributed by atoms with Crippen LogP contribution in [0.1, 0.15) is 160 Å². The minimum absolute atomic E-state index is 0.00135. The maximum Gasteiger partial charge on any atom is 0.458 e. The lowest BCUT2D eigenvalue weighted by Gasteiger charge is -2.37. The predicted molar refractivity (Wildman–Crippen MR) is 475 cm³/mol. The summed E-state index contributed by atoms with van der Waals surface area (Å²) in [5, 5.41) is 132. The quantitative estimate of drug-likeness (QED) is 0.00492. The first kappa shape index (κ1) is 118. The van der Waals surface area contributed by atoms with Crippen LogP contribution in [0.3, 0.4) is 0 Å². The fourth-order valence-corrected chi connectivity index (χ4v) is 15.8. The molecule has 3 fully saturated rings. The van der Waals surface area contributed by atoms with Crippen LogP contribution in [0.2, 0.25) is 0 Å². The van der Waals surface area contributed by atoms with Gasteiger partial charge in [-0.25, -0.2) is 46.7 Å². The molecular formula is C89H121F14N20O24+. The zero-order valence-corrected chi connectivity index (χ0v) is 79.7. The summed E-state index contributed by atoms with van der Waals surface area (Å²) in [7, 11) is 0. The van der Waals surface area contributed by atoms with E-state index in [2.05, 4.69) is 87.5 Å². The fraction of sp³-hybridized carbons (Fsp3) is 0.663. The highest BCUT2D eigenvalue weighted by Crippen LogP contribution is 2.37. The molecule has 15 N–H and O–H groups in total. The van der Waals surface area contributed by atoms with Gasteiger partial charge in [0, 0.05) is 100 Å². The van der Waals surface area contributed by atoms with Crippen molar-refractivity contribution in [1.29, 1.82) is 0 Å².